The number of amides is 1. The Morgan fingerprint density at radius 3 is 2.53 bits per heavy atom. The average Bonchev–Trinajstić information content (AvgIpc) is 2.98. The lowest BCUT2D eigenvalue weighted by atomic mass is 10.2. The number of anilines is 2. The molecule has 8 nitrogen and oxygen atoms in total. The SMILES string of the molecule is Cc1cc(N2C(=O)CCCN(c3ccc(OCCN4CCN(C)CC4)cc3)C2=S)cnc1C#N. The monoisotopic (exact) mass is 478 g/mol. The third-order valence-corrected chi connectivity index (χ3v) is 6.70. The van der Waals surface area contributed by atoms with Gasteiger partial charge in [0.05, 0.1) is 11.9 Å². The second kappa shape index (κ2) is 10.9. The van der Waals surface area contributed by atoms with Crippen molar-refractivity contribution in [3.8, 4) is 11.8 Å². The molecule has 2 aliphatic rings. The predicted molar refractivity (Wildman–Crippen MR) is 136 cm³/mol. The van der Waals surface area contributed by atoms with Crippen molar-refractivity contribution in [2.45, 2.75) is 19.8 Å². The number of pyridine rings is 1. The van der Waals surface area contributed by atoms with E-state index in [0.29, 0.717) is 48.1 Å². The molecule has 2 aromatic rings. The van der Waals surface area contributed by atoms with Crippen LogP contribution in [0.5, 0.6) is 5.75 Å². The van der Waals surface area contributed by atoms with E-state index in [1.807, 2.05) is 29.2 Å². The van der Waals surface area contributed by atoms with Crippen LogP contribution in [0, 0.1) is 18.3 Å². The van der Waals surface area contributed by atoms with Crippen molar-refractivity contribution in [2.75, 3.05) is 62.7 Å². The van der Waals surface area contributed by atoms with E-state index < -0.39 is 0 Å². The van der Waals surface area contributed by atoms with E-state index in [4.69, 9.17) is 17.0 Å². The van der Waals surface area contributed by atoms with Gasteiger partial charge >= 0.3 is 0 Å². The molecule has 0 bridgehead atoms. The van der Waals surface area contributed by atoms with E-state index in [-0.39, 0.29) is 5.91 Å². The number of thiocarbonyl (C=S) groups is 1. The van der Waals surface area contributed by atoms with Crippen molar-refractivity contribution >= 4 is 34.6 Å². The molecule has 3 heterocycles. The van der Waals surface area contributed by atoms with Crippen molar-refractivity contribution < 1.29 is 9.53 Å². The first kappa shape index (κ1) is 24.1. The van der Waals surface area contributed by atoms with E-state index >= 15 is 0 Å². The van der Waals surface area contributed by atoms with Gasteiger partial charge in [-0.1, -0.05) is 0 Å². The highest BCUT2D eigenvalue weighted by Crippen LogP contribution is 2.27. The normalized spacial score (nSPS) is 18.0. The number of aromatic nitrogens is 1. The minimum atomic E-state index is -0.0673. The number of ether oxygens (including phenoxy) is 1. The standard InChI is InChI=1S/C25H30N6O2S/c1-19-16-21(18-27-23(19)17-26)31-24(32)4-3-9-30(25(31)34)20-5-7-22(8-6-20)33-15-14-29-12-10-28(2)11-13-29/h5-8,16,18H,3-4,9-15H2,1-2H3. The summed E-state index contributed by atoms with van der Waals surface area (Å²) in [6, 6.07) is 11.7. The number of nitriles is 1. The van der Waals surface area contributed by atoms with Crippen LogP contribution < -0.4 is 14.5 Å². The van der Waals surface area contributed by atoms with Crippen LogP contribution in [0.15, 0.2) is 36.5 Å². The van der Waals surface area contributed by atoms with Crippen molar-refractivity contribution in [1.29, 1.82) is 5.26 Å². The number of carbonyl (C=O) groups is 1. The largest absolute Gasteiger partial charge is 0.492 e. The van der Waals surface area contributed by atoms with E-state index in [1.165, 1.54) is 11.1 Å². The van der Waals surface area contributed by atoms with E-state index in [0.717, 1.165) is 44.2 Å². The van der Waals surface area contributed by atoms with Gasteiger partial charge in [0.15, 0.2) is 5.11 Å². The van der Waals surface area contributed by atoms with Gasteiger partial charge in [0, 0.05) is 51.4 Å². The highest BCUT2D eigenvalue weighted by atomic mass is 32.1. The molecule has 9 heteroatoms. The fourth-order valence-corrected chi connectivity index (χ4v) is 4.61. The van der Waals surface area contributed by atoms with E-state index in [9.17, 15) is 10.1 Å². The van der Waals surface area contributed by atoms with Crippen LogP contribution in [-0.2, 0) is 4.79 Å². The molecule has 0 aliphatic carbocycles. The Bertz CT molecular complexity index is 1080. The van der Waals surface area contributed by atoms with Gasteiger partial charge in [0.1, 0.15) is 24.1 Å². The van der Waals surface area contributed by atoms with Crippen LogP contribution in [0.25, 0.3) is 0 Å². The van der Waals surface area contributed by atoms with Crippen LogP contribution >= 0.6 is 12.2 Å². The number of hydrogen-bond donors (Lipinski definition) is 0. The molecule has 0 saturated carbocycles. The summed E-state index contributed by atoms with van der Waals surface area (Å²) in [5.41, 5.74) is 2.55. The summed E-state index contributed by atoms with van der Waals surface area (Å²) in [5.74, 6) is 0.751. The molecule has 2 saturated heterocycles. The third kappa shape index (κ3) is 5.53. The molecule has 4 rings (SSSR count). The number of likely N-dealkylation sites (N-methyl/N-ethyl adjacent to an activating group) is 1. The van der Waals surface area contributed by atoms with Crippen LogP contribution in [0.1, 0.15) is 24.1 Å². The molecule has 0 N–H and O–H groups in total. The van der Waals surface area contributed by atoms with Crippen LogP contribution in [-0.4, -0.2) is 78.7 Å². The Hall–Kier alpha value is -3.06. The van der Waals surface area contributed by atoms with Gasteiger partial charge in [-0.3, -0.25) is 14.6 Å². The summed E-state index contributed by atoms with van der Waals surface area (Å²) < 4.78 is 5.97. The molecule has 2 fully saturated rings. The predicted octanol–water partition coefficient (Wildman–Crippen LogP) is 2.81. The van der Waals surface area contributed by atoms with Gasteiger partial charge in [-0.15, -0.1) is 0 Å². The Morgan fingerprint density at radius 1 is 1.12 bits per heavy atom. The van der Waals surface area contributed by atoms with Crippen molar-refractivity contribution in [3.63, 3.8) is 0 Å². The van der Waals surface area contributed by atoms with Gasteiger partial charge in [0.25, 0.3) is 0 Å². The number of carbonyl (C=O) groups excluding carboxylic acids is 1. The molecule has 1 aromatic heterocycles. The smallest absolute Gasteiger partial charge is 0.233 e. The zero-order chi connectivity index (χ0) is 24.1. The van der Waals surface area contributed by atoms with Gasteiger partial charge in [0.2, 0.25) is 5.91 Å². The van der Waals surface area contributed by atoms with Gasteiger partial charge < -0.3 is 14.5 Å². The Labute approximate surface area is 206 Å². The van der Waals surface area contributed by atoms with Crippen molar-refractivity contribution in [1.82, 2.24) is 14.8 Å². The third-order valence-electron chi connectivity index (χ3n) is 6.29. The molecule has 0 radical (unpaired) electrons. The number of benzene rings is 1. The van der Waals surface area contributed by atoms with Crippen LogP contribution in [0.2, 0.25) is 0 Å². The molecule has 0 unspecified atom stereocenters. The number of rotatable bonds is 6. The molecule has 0 atom stereocenters. The molecule has 2 aliphatic heterocycles. The summed E-state index contributed by atoms with van der Waals surface area (Å²) in [6.07, 6.45) is 2.63. The maximum absolute atomic E-state index is 12.9. The van der Waals surface area contributed by atoms with Crippen molar-refractivity contribution in [3.05, 3.63) is 47.8 Å². The molecule has 0 spiro atoms. The lowest BCUT2D eigenvalue weighted by Crippen LogP contribution is -2.45. The number of piperazine rings is 1. The van der Waals surface area contributed by atoms with Crippen LogP contribution in [0.3, 0.4) is 0 Å². The lowest BCUT2D eigenvalue weighted by molar-refractivity contribution is -0.117. The first-order chi connectivity index (χ1) is 16.5. The second-order valence-corrected chi connectivity index (χ2v) is 9.09. The molecule has 1 aromatic carbocycles. The average molecular weight is 479 g/mol. The van der Waals surface area contributed by atoms with Gasteiger partial charge in [-0.25, -0.2) is 4.98 Å². The fourth-order valence-electron chi connectivity index (χ4n) is 4.20. The van der Waals surface area contributed by atoms with Gasteiger partial charge in [-0.05, 0) is 68.5 Å². The molecule has 34 heavy (non-hydrogen) atoms. The zero-order valence-corrected chi connectivity index (χ0v) is 20.6. The summed E-state index contributed by atoms with van der Waals surface area (Å²) in [5, 5.41) is 9.58. The van der Waals surface area contributed by atoms with E-state index in [2.05, 4.69) is 27.9 Å². The van der Waals surface area contributed by atoms with Gasteiger partial charge in [-0.2, -0.15) is 5.26 Å². The summed E-state index contributed by atoms with van der Waals surface area (Å²) >= 11 is 5.76. The number of nitrogens with zero attached hydrogens (tertiary/aromatic N) is 6. The van der Waals surface area contributed by atoms with Crippen LogP contribution in [0.4, 0.5) is 11.4 Å². The number of aryl methyl sites for hydroxylation is 1. The first-order valence-electron chi connectivity index (χ1n) is 11.6. The first-order valence-corrected chi connectivity index (χ1v) is 12.0. The molecular weight excluding hydrogens is 448 g/mol. The maximum atomic E-state index is 12.9. The lowest BCUT2D eigenvalue weighted by Gasteiger charge is -2.32. The summed E-state index contributed by atoms with van der Waals surface area (Å²) in [6.45, 7) is 8.38. The summed E-state index contributed by atoms with van der Waals surface area (Å²) in [7, 11) is 2.16. The topological polar surface area (TPSA) is 75.9 Å². The molecule has 178 valence electrons. The Morgan fingerprint density at radius 2 is 1.85 bits per heavy atom. The Balaban J connectivity index is 1.42. The highest BCUT2D eigenvalue weighted by molar-refractivity contribution is 7.81. The minimum absolute atomic E-state index is 0.0673. The minimum Gasteiger partial charge on any atom is -0.492 e. The quantitative estimate of drug-likeness (QED) is 0.587. The molecule has 1 amide bonds. The number of hydrogen-bond acceptors (Lipinski definition) is 7. The summed E-state index contributed by atoms with van der Waals surface area (Å²) in [4.78, 5) is 25.3. The Kier molecular flexibility index (Phi) is 7.73. The highest BCUT2D eigenvalue weighted by Gasteiger charge is 2.29. The zero-order valence-electron chi connectivity index (χ0n) is 19.7. The van der Waals surface area contributed by atoms with Crippen molar-refractivity contribution in [2.24, 2.45) is 0 Å². The molecular formula is C25H30N6O2S. The maximum Gasteiger partial charge on any atom is 0.233 e. The fraction of sp³-hybridized carbons (Fsp3) is 0.440. The van der Waals surface area contributed by atoms with E-state index in [1.54, 1.807) is 13.0 Å². The second-order valence-electron chi connectivity index (χ2n) is 8.73.